The lowest BCUT2D eigenvalue weighted by Crippen LogP contribution is -2.08. The molecule has 2 aromatic rings. The lowest BCUT2D eigenvalue weighted by molar-refractivity contribution is -0.384. The monoisotopic (exact) mass is 257 g/mol. The summed E-state index contributed by atoms with van der Waals surface area (Å²) in [5.74, 6) is 0.502. The summed E-state index contributed by atoms with van der Waals surface area (Å²) in [4.78, 5) is 14.4. The molecule has 0 fully saturated rings. The molecule has 0 aliphatic rings. The van der Waals surface area contributed by atoms with E-state index in [0.717, 1.165) is 5.56 Å². The Kier molecular flexibility index (Phi) is 3.75. The number of hydrogen-bond acceptors (Lipinski definition) is 4. The van der Waals surface area contributed by atoms with E-state index in [9.17, 15) is 10.1 Å². The summed E-state index contributed by atoms with van der Waals surface area (Å²) in [5.41, 5.74) is 2.34. The predicted molar refractivity (Wildman–Crippen MR) is 74.1 cm³/mol. The van der Waals surface area contributed by atoms with Crippen LogP contribution in [-0.2, 0) is 0 Å². The topological polar surface area (TPSA) is 68.1 Å². The van der Waals surface area contributed by atoms with Gasteiger partial charge in [0.1, 0.15) is 5.82 Å². The van der Waals surface area contributed by atoms with Crippen molar-refractivity contribution >= 4 is 11.5 Å². The molecule has 0 spiro atoms. The Labute approximate surface area is 111 Å². The van der Waals surface area contributed by atoms with E-state index in [1.165, 1.54) is 23.9 Å². The Morgan fingerprint density at radius 2 is 1.95 bits per heavy atom. The third kappa shape index (κ3) is 3.28. The van der Waals surface area contributed by atoms with Crippen LogP contribution in [0.3, 0.4) is 0 Å². The Hall–Kier alpha value is -2.43. The highest BCUT2D eigenvalue weighted by atomic mass is 16.6. The van der Waals surface area contributed by atoms with Crippen molar-refractivity contribution in [2.24, 2.45) is 0 Å². The predicted octanol–water partition coefficient (Wildman–Crippen LogP) is 3.47. The Morgan fingerprint density at radius 3 is 2.58 bits per heavy atom. The third-order valence-electron chi connectivity index (χ3n) is 2.90. The van der Waals surface area contributed by atoms with Crippen molar-refractivity contribution in [2.45, 2.75) is 19.9 Å². The fourth-order valence-corrected chi connectivity index (χ4v) is 1.77. The smallest absolute Gasteiger partial charge is 0.274 e. The normalized spacial score (nSPS) is 11.9. The number of nitrogens with one attached hydrogen (secondary N) is 1. The van der Waals surface area contributed by atoms with Gasteiger partial charge in [-0.1, -0.05) is 29.8 Å². The zero-order valence-electron chi connectivity index (χ0n) is 10.8. The van der Waals surface area contributed by atoms with E-state index in [2.05, 4.69) is 10.3 Å². The van der Waals surface area contributed by atoms with Gasteiger partial charge in [0.25, 0.3) is 5.69 Å². The quantitative estimate of drug-likeness (QED) is 0.672. The standard InChI is InChI=1S/C14H15N3O2/c1-10-3-5-12(6-4-10)11(2)16-14-9-13(17(18)19)7-8-15-14/h3-9,11H,1-2H3,(H,15,16). The van der Waals surface area contributed by atoms with E-state index in [1.807, 2.05) is 38.1 Å². The van der Waals surface area contributed by atoms with E-state index in [-0.39, 0.29) is 11.7 Å². The highest BCUT2D eigenvalue weighted by Crippen LogP contribution is 2.20. The molecule has 0 saturated carbocycles. The molecule has 1 atom stereocenters. The van der Waals surface area contributed by atoms with Gasteiger partial charge in [0, 0.05) is 18.3 Å². The zero-order valence-corrected chi connectivity index (χ0v) is 10.8. The molecule has 1 unspecified atom stereocenters. The zero-order chi connectivity index (χ0) is 13.8. The first-order valence-corrected chi connectivity index (χ1v) is 6.00. The second kappa shape index (κ2) is 5.48. The van der Waals surface area contributed by atoms with Gasteiger partial charge in [0.05, 0.1) is 11.0 Å². The van der Waals surface area contributed by atoms with E-state index in [0.29, 0.717) is 5.82 Å². The Morgan fingerprint density at radius 1 is 1.26 bits per heavy atom. The maximum Gasteiger partial charge on any atom is 0.274 e. The maximum atomic E-state index is 10.7. The van der Waals surface area contributed by atoms with E-state index in [4.69, 9.17) is 0 Å². The highest BCUT2D eigenvalue weighted by molar-refractivity contribution is 5.46. The molecule has 0 aliphatic carbocycles. The van der Waals surface area contributed by atoms with Crippen LogP contribution in [0.2, 0.25) is 0 Å². The maximum absolute atomic E-state index is 10.7. The molecule has 0 saturated heterocycles. The van der Waals surface area contributed by atoms with Crippen molar-refractivity contribution in [2.75, 3.05) is 5.32 Å². The van der Waals surface area contributed by atoms with Crippen LogP contribution < -0.4 is 5.32 Å². The van der Waals surface area contributed by atoms with Gasteiger partial charge < -0.3 is 5.32 Å². The third-order valence-corrected chi connectivity index (χ3v) is 2.90. The summed E-state index contributed by atoms with van der Waals surface area (Å²) in [6.45, 7) is 4.02. The first kappa shape index (κ1) is 13.0. The number of hydrogen-bond donors (Lipinski definition) is 1. The van der Waals surface area contributed by atoms with Crippen LogP contribution in [-0.4, -0.2) is 9.91 Å². The molecule has 0 aliphatic heterocycles. The summed E-state index contributed by atoms with van der Waals surface area (Å²) >= 11 is 0. The molecule has 19 heavy (non-hydrogen) atoms. The number of rotatable bonds is 4. The first-order valence-electron chi connectivity index (χ1n) is 6.00. The van der Waals surface area contributed by atoms with Gasteiger partial charge in [-0.05, 0) is 19.4 Å². The van der Waals surface area contributed by atoms with Crippen LogP contribution in [0.1, 0.15) is 24.1 Å². The van der Waals surface area contributed by atoms with E-state index in [1.54, 1.807) is 0 Å². The number of nitro groups is 1. The van der Waals surface area contributed by atoms with E-state index < -0.39 is 4.92 Å². The Bertz CT molecular complexity index is 581. The SMILES string of the molecule is Cc1ccc(C(C)Nc2cc([N+](=O)[O-])ccn2)cc1. The van der Waals surface area contributed by atoms with Gasteiger partial charge >= 0.3 is 0 Å². The summed E-state index contributed by atoms with van der Waals surface area (Å²) in [7, 11) is 0. The number of nitrogens with zero attached hydrogens (tertiary/aromatic N) is 2. The number of pyridine rings is 1. The average Bonchev–Trinajstić information content (AvgIpc) is 2.39. The minimum absolute atomic E-state index is 0.0357. The largest absolute Gasteiger partial charge is 0.363 e. The molecule has 0 radical (unpaired) electrons. The minimum Gasteiger partial charge on any atom is -0.363 e. The molecule has 0 amide bonds. The van der Waals surface area contributed by atoms with Crippen molar-refractivity contribution in [1.82, 2.24) is 4.98 Å². The van der Waals surface area contributed by atoms with Crippen LogP contribution in [0.15, 0.2) is 42.6 Å². The van der Waals surface area contributed by atoms with Crippen molar-refractivity contribution in [3.8, 4) is 0 Å². The number of aromatic nitrogens is 1. The van der Waals surface area contributed by atoms with E-state index >= 15 is 0 Å². The summed E-state index contributed by atoms with van der Waals surface area (Å²) in [6, 6.07) is 11.0. The van der Waals surface area contributed by atoms with Gasteiger partial charge in [-0.25, -0.2) is 4.98 Å². The van der Waals surface area contributed by atoms with Gasteiger partial charge in [0.2, 0.25) is 0 Å². The van der Waals surface area contributed by atoms with Crippen LogP contribution in [0.25, 0.3) is 0 Å². The second-order valence-corrected chi connectivity index (χ2v) is 4.43. The molecule has 5 nitrogen and oxygen atoms in total. The summed E-state index contributed by atoms with van der Waals surface area (Å²) in [5, 5.41) is 13.9. The molecule has 98 valence electrons. The van der Waals surface area contributed by atoms with Crippen molar-refractivity contribution in [3.05, 3.63) is 63.8 Å². The molecular formula is C14H15N3O2. The molecule has 1 aromatic heterocycles. The molecular weight excluding hydrogens is 242 g/mol. The van der Waals surface area contributed by atoms with Crippen LogP contribution in [0.4, 0.5) is 11.5 Å². The molecule has 0 bridgehead atoms. The van der Waals surface area contributed by atoms with Crippen molar-refractivity contribution in [1.29, 1.82) is 0 Å². The molecule has 2 rings (SSSR count). The number of benzene rings is 1. The van der Waals surface area contributed by atoms with Crippen molar-refractivity contribution < 1.29 is 4.92 Å². The minimum atomic E-state index is -0.427. The molecule has 1 aromatic carbocycles. The van der Waals surface area contributed by atoms with Gasteiger partial charge in [-0.2, -0.15) is 0 Å². The van der Waals surface area contributed by atoms with Crippen LogP contribution in [0, 0.1) is 17.0 Å². The van der Waals surface area contributed by atoms with Gasteiger partial charge in [0.15, 0.2) is 0 Å². The van der Waals surface area contributed by atoms with Crippen molar-refractivity contribution in [3.63, 3.8) is 0 Å². The lowest BCUT2D eigenvalue weighted by Gasteiger charge is -2.14. The summed E-state index contributed by atoms with van der Waals surface area (Å²) in [6.07, 6.45) is 1.43. The molecule has 5 heteroatoms. The molecule has 1 heterocycles. The highest BCUT2D eigenvalue weighted by Gasteiger charge is 2.10. The fraction of sp³-hybridized carbons (Fsp3) is 0.214. The lowest BCUT2D eigenvalue weighted by atomic mass is 10.1. The Balaban J connectivity index is 2.14. The number of anilines is 1. The van der Waals surface area contributed by atoms with Crippen LogP contribution >= 0.6 is 0 Å². The second-order valence-electron chi connectivity index (χ2n) is 4.43. The average molecular weight is 257 g/mol. The van der Waals surface area contributed by atoms with Gasteiger partial charge in [-0.15, -0.1) is 0 Å². The van der Waals surface area contributed by atoms with Crippen LogP contribution in [0.5, 0.6) is 0 Å². The van der Waals surface area contributed by atoms with Gasteiger partial charge in [-0.3, -0.25) is 10.1 Å². The summed E-state index contributed by atoms with van der Waals surface area (Å²) < 4.78 is 0. The first-order chi connectivity index (χ1) is 9.06. The fourth-order valence-electron chi connectivity index (χ4n) is 1.77. The molecule has 1 N–H and O–H groups in total. The number of aryl methyl sites for hydroxylation is 1.